The first-order valence-corrected chi connectivity index (χ1v) is 8.64. The zero-order chi connectivity index (χ0) is 20.4. The highest BCUT2D eigenvalue weighted by atomic mass is 16.5. The number of carbonyl (C=O) groups is 1. The number of furan rings is 1. The van der Waals surface area contributed by atoms with Crippen molar-refractivity contribution in [3.63, 3.8) is 0 Å². The molecule has 7 nitrogen and oxygen atoms in total. The molecule has 0 atom stereocenters. The average Bonchev–Trinajstić information content (AvgIpc) is 3.28. The number of ether oxygens (including phenoxy) is 3. The van der Waals surface area contributed by atoms with Crippen LogP contribution in [0.15, 0.2) is 74.7 Å². The maximum atomic E-state index is 12.9. The zero-order valence-electron chi connectivity index (χ0n) is 15.6. The Bertz CT molecular complexity index is 1240. The molecule has 0 aliphatic carbocycles. The van der Waals surface area contributed by atoms with Crippen molar-refractivity contribution in [3.8, 4) is 28.4 Å². The van der Waals surface area contributed by atoms with Crippen molar-refractivity contribution in [3.05, 3.63) is 77.0 Å². The van der Waals surface area contributed by atoms with Gasteiger partial charge in [-0.15, -0.1) is 0 Å². The van der Waals surface area contributed by atoms with Crippen LogP contribution in [0.25, 0.3) is 22.1 Å². The smallest absolute Gasteiger partial charge is 0.379 e. The number of hydrogen-bond acceptors (Lipinski definition) is 7. The Labute approximate surface area is 165 Å². The molecule has 0 radical (unpaired) electrons. The molecule has 146 valence electrons. The Kier molecular flexibility index (Phi) is 4.78. The third-order valence-corrected chi connectivity index (χ3v) is 4.37. The summed E-state index contributed by atoms with van der Waals surface area (Å²) in [4.78, 5) is 24.9. The van der Waals surface area contributed by atoms with E-state index in [4.69, 9.17) is 23.0 Å². The van der Waals surface area contributed by atoms with Crippen LogP contribution in [-0.2, 0) is 0 Å². The number of benzene rings is 2. The fourth-order valence-corrected chi connectivity index (χ4v) is 2.93. The standard InChI is InChI=1S/C22H16O7/c1-25-17-8-5-13(10-20(17)26-2)16-12-28-19-11-14(6-7-15(19)21(16)23)29-22(24)18-4-3-9-27-18/h3-12H,1-2H3. The summed E-state index contributed by atoms with van der Waals surface area (Å²) in [7, 11) is 3.06. The highest BCUT2D eigenvalue weighted by molar-refractivity contribution is 5.89. The molecule has 0 unspecified atom stereocenters. The molecule has 0 aliphatic rings. The number of rotatable bonds is 5. The minimum atomic E-state index is -0.640. The van der Waals surface area contributed by atoms with Gasteiger partial charge >= 0.3 is 5.97 Å². The molecule has 2 heterocycles. The molecular weight excluding hydrogens is 376 g/mol. The molecule has 0 amide bonds. The van der Waals surface area contributed by atoms with E-state index in [1.165, 1.54) is 44.9 Å². The third kappa shape index (κ3) is 3.45. The van der Waals surface area contributed by atoms with Crippen LogP contribution in [0.5, 0.6) is 17.2 Å². The maximum Gasteiger partial charge on any atom is 0.379 e. The quantitative estimate of drug-likeness (QED) is 0.370. The SMILES string of the molecule is COc1ccc(-c2coc3cc(OC(=O)c4ccco4)ccc3c2=O)cc1OC. The summed E-state index contributed by atoms with van der Waals surface area (Å²) in [6, 6.07) is 12.8. The van der Waals surface area contributed by atoms with E-state index in [9.17, 15) is 9.59 Å². The molecule has 29 heavy (non-hydrogen) atoms. The molecule has 7 heteroatoms. The molecule has 0 N–H and O–H groups in total. The van der Waals surface area contributed by atoms with Crippen LogP contribution in [0.3, 0.4) is 0 Å². The van der Waals surface area contributed by atoms with Crippen LogP contribution in [0.4, 0.5) is 0 Å². The Morgan fingerprint density at radius 1 is 0.931 bits per heavy atom. The van der Waals surface area contributed by atoms with Gasteiger partial charge < -0.3 is 23.0 Å². The van der Waals surface area contributed by atoms with Gasteiger partial charge in [-0.05, 0) is 42.0 Å². The molecule has 0 spiro atoms. The highest BCUT2D eigenvalue weighted by Gasteiger charge is 2.15. The Morgan fingerprint density at radius 3 is 2.48 bits per heavy atom. The fourth-order valence-electron chi connectivity index (χ4n) is 2.93. The second-order valence-corrected chi connectivity index (χ2v) is 6.07. The first-order valence-electron chi connectivity index (χ1n) is 8.64. The van der Waals surface area contributed by atoms with E-state index in [0.29, 0.717) is 33.6 Å². The summed E-state index contributed by atoms with van der Waals surface area (Å²) >= 11 is 0. The Hall–Kier alpha value is -4.00. The van der Waals surface area contributed by atoms with E-state index in [1.54, 1.807) is 30.3 Å². The maximum absolute atomic E-state index is 12.9. The van der Waals surface area contributed by atoms with Gasteiger partial charge in [0.2, 0.25) is 5.76 Å². The van der Waals surface area contributed by atoms with Gasteiger partial charge in [-0.2, -0.15) is 0 Å². The van der Waals surface area contributed by atoms with Crippen molar-refractivity contribution in [2.75, 3.05) is 14.2 Å². The molecule has 0 saturated heterocycles. The van der Waals surface area contributed by atoms with Gasteiger partial charge in [-0.1, -0.05) is 6.07 Å². The minimum absolute atomic E-state index is 0.0790. The van der Waals surface area contributed by atoms with E-state index in [-0.39, 0.29) is 16.9 Å². The van der Waals surface area contributed by atoms with Gasteiger partial charge in [-0.25, -0.2) is 4.79 Å². The monoisotopic (exact) mass is 392 g/mol. The van der Waals surface area contributed by atoms with Crippen LogP contribution in [0.2, 0.25) is 0 Å². The fraction of sp³-hybridized carbons (Fsp3) is 0.0909. The number of fused-ring (bicyclic) bond motifs is 1. The third-order valence-electron chi connectivity index (χ3n) is 4.37. The largest absolute Gasteiger partial charge is 0.493 e. The van der Waals surface area contributed by atoms with Crippen molar-refractivity contribution in [2.24, 2.45) is 0 Å². The molecule has 2 aromatic carbocycles. The average molecular weight is 392 g/mol. The van der Waals surface area contributed by atoms with E-state index in [1.807, 2.05) is 0 Å². The Morgan fingerprint density at radius 2 is 1.76 bits per heavy atom. The van der Waals surface area contributed by atoms with Crippen molar-refractivity contribution in [1.82, 2.24) is 0 Å². The van der Waals surface area contributed by atoms with Crippen molar-refractivity contribution in [1.29, 1.82) is 0 Å². The van der Waals surface area contributed by atoms with Gasteiger partial charge in [0.1, 0.15) is 17.6 Å². The van der Waals surface area contributed by atoms with Gasteiger partial charge in [0.05, 0.1) is 31.4 Å². The Balaban J connectivity index is 1.70. The first-order chi connectivity index (χ1) is 14.1. The van der Waals surface area contributed by atoms with Crippen LogP contribution in [0.1, 0.15) is 10.6 Å². The van der Waals surface area contributed by atoms with E-state index < -0.39 is 5.97 Å². The summed E-state index contributed by atoms with van der Waals surface area (Å²) < 4.78 is 26.4. The van der Waals surface area contributed by atoms with Crippen LogP contribution >= 0.6 is 0 Å². The number of methoxy groups -OCH3 is 2. The summed E-state index contributed by atoms with van der Waals surface area (Å²) in [6.45, 7) is 0. The first kappa shape index (κ1) is 18.4. The summed E-state index contributed by atoms with van der Waals surface area (Å²) in [6.07, 6.45) is 2.75. The molecule has 0 bridgehead atoms. The number of hydrogen-bond donors (Lipinski definition) is 0. The van der Waals surface area contributed by atoms with E-state index in [0.717, 1.165) is 0 Å². The van der Waals surface area contributed by atoms with Crippen molar-refractivity contribution < 1.29 is 27.8 Å². The summed E-state index contributed by atoms with van der Waals surface area (Å²) in [5.41, 5.74) is 1.08. The molecule has 0 fully saturated rings. The topological polar surface area (TPSA) is 88.1 Å². The molecule has 4 aromatic rings. The van der Waals surface area contributed by atoms with Crippen LogP contribution in [0, 0.1) is 0 Å². The zero-order valence-corrected chi connectivity index (χ0v) is 15.6. The van der Waals surface area contributed by atoms with Gasteiger partial charge in [0.15, 0.2) is 16.9 Å². The second kappa shape index (κ2) is 7.55. The normalized spacial score (nSPS) is 10.7. The molecular formula is C22H16O7. The van der Waals surface area contributed by atoms with Crippen LogP contribution in [-0.4, -0.2) is 20.2 Å². The lowest BCUT2D eigenvalue weighted by molar-refractivity contribution is 0.0701. The summed E-state index contributed by atoms with van der Waals surface area (Å²) in [5, 5.41) is 0.357. The van der Waals surface area contributed by atoms with E-state index in [2.05, 4.69) is 0 Å². The lowest BCUT2D eigenvalue weighted by Crippen LogP contribution is -2.08. The van der Waals surface area contributed by atoms with Crippen molar-refractivity contribution in [2.45, 2.75) is 0 Å². The van der Waals surface area contributed by atoms with Gasteiger partial charge in [0.25, 0.3) is 0 Å². The van der Waals surface area contributed by atoms with Crippen LogP contribution < -0.4 is 19.6 Å². The minimum Gasteiger partial charge on any atom is -0.493 e. The predicted octanol–water partition coefficient (Wildman–Crippen LogP) is 4.29. The molecule has 0 saturated carbocycles. The number of carbonyl (C=O) groups excluding carboxylic acids is 1. The van der Waals surface area contributed by atoms with Crippen molar-refractivity contribution >= 4 is 16.9 Å². The highest BCUT2D eigenvalue weighted by Crippen LogP contribution is 2.32. The molecule has 0 aliphatic heterocycles. The summed E-state index contributed by atoms with van der Waals surface area (Å²) in [5.74, 6) is 0.740. The molecule has 4 rings (SSSR count). The number of esters is 1. The lowest BCUT2D eigenvalue weighted by atomic mass is 10.0. The van der Waals surface area contributed by atoms with Gasteiger partial charge in [0, 0.05) is 6.07 Å². The predicted molar refractivity (Wildman–Crippen MR) is 105 cm³/mol. The van der Waals surface area contributed by atoms with E-state index >= 15 is 0 Å². The lowest BCUT2D eigenvalue weighted by Gasteiger charge is -2.10. The second-order valence-electron chi connectivity index (χ2n) is 6.07. The molecule has 2 aromatic heterocycles. The van der Waals surface area contributed by atoms with Gasteiger partial charge in [-0.3, -0.25) is 4.79 Å².